The number of carbonyl (C=O) groups is 1. The molecule has 3 N–H and O–H groups in total. The zero-order valence-corrected chi connectivity index (χ0v) is 18.3. The lowest BCUT2D eigenvalue weighted by molar-refractivity contribution is 0.0303. The monoisotopic (exact) mass is 449 g/mol. The van der Waals surface area contributed by atoms with Gasteiger partial charge in [0.2, 0.25) is 0 Å². The van der Waals surface area contributed by atoms with Crippen LogP contribution in [-0.2, 0) is 11.3 Å². The molecule has 2 aliphatic heterocycles. The molecule has 1 aliphatic carbocycles. The number of aliphatic hydroxyl groups excluding tert-OH is 1. The Morgan fingerprint density at radius 1 is 1.09 bits per heavy atom. The molecule has 172 valence electrons. The summed E-state index contributed by atoms with van der Waals surface area (Å²) in [6.07, 6.45) is 6.50. The maximum absolute atomic E-state index is 12.0. The summed E-state index contributed by atoms with van der Waals surface area (Å²) in [5, 5.41) is 20.6. The van der Waals surface area contributed by atoms with Gasteiger partial charge in [-0.25, -0.2) is 19.4 Å². The molecule has 4 heterocycles. The average Bonchev–Trinajstić information content (AvgIpc) is 3.45. The Kier molecular flexibility index (Phi) is 5.11. The SMILES string of the molecule is O=C(Nc1ccc(-c2nc(N3CC4CCC(C3)O4)c3cnn(CCO)c3n2)cc1)NC1CC1. The molecule has 2 saturated heterocycles. The number of benzene rings is 1. The van der Waals surface area contributed by atoms with Crippen molar-refractivity contribution in [2.45, 2.75) is 50.5 Å². The van der Waals surface area contributed by atoms with E-state index in [1.54, 1.807) is 10.9 Å². The van der Waals surface area contributed by atoms with Crippen molar-refractivity contribution < 1.29 is 14.6 Å². The average molecular weight is 450 g/mol. The van der Waals surface area contributed by atoms with Crippen LogP contribution in [0.4, 0.5) is 16.3 Å². The molecule has 1 aromatic carbocycles. The highest BCUT2D eigenvalue weighted by atomic mass is 16.5. The van der Waals surface area contributed by atoms with Crippen molar-refractivity contribution in [3.05, 3.63) is 30.5 Å². The van der Waals surface area contributed by atoms with Gasteiger partial charge in [0.15, 0.2) is 11.5 Å². The van der Waals surface area contributed by atoms with E-state index in [0.717, 1.165) is 55.5 Å². The number of rotatable bonds is 6. The van der Waals surface area contributed by atoms with E-state index in [4.69, 9.17) is 14.7 Å². The minimum absolute atomic E-state index is 0.0174. The molecule has 10 nitrogen and oxygen atoms in total. The number of anilines is 2. The first-order valence-corrected chi connectivity index (χ1v) is 11.6. The van der Waals surface area contributed by atoms with E-state index in [2.05, 4.69) is 20.6 Å². The lowest BCUT2D eigenvalue weighted by Crippen LogP contribution is -2.43. The molecule has 10 heteroatoms. The molecule has 2 atom stereocenters. The molecule has 33 heavy (non-hydrogen) atoms. The summed E-state index contributed by atoms with van der Waals surface area (Å²) in [5.41, 5.74) is 2.27. The molecule has 3 fully saturated rings. The molecule has 0 spiro atoms. The maximum Gasteiger partial charge on any atom is 0.319 e. The van der Waals surface area contributed by atoms with E-state index in [0.29, 0.717) is 29.7 Å². The van der Waals surface area contributed by atoms with Crippen LogP contribution in [0.15, 0.2) is 30.5 Å². The van der Waals surface area contributed by atoms with Crippen LogP contribution >= 0.6 is 0 Å². The first-order valence-electron chi connectivity index (χ1n) is 11.6. The lowest BCUT2D eigenvalue weighted by atomic mass is 10.2. The fourth-order valence-corrected chi connectivity index (χ4v) is 4.64. The number of hydrogen-bond acceptors (Lipinski definition) is 7. The topological polar surface area (TPSA) is 117 Å². The van der Waals surface area contributed by atoms with Crippen molar-refractivity contribution in [3.63, 3.8) is 0 Å². The zero-order chi connectivity index (χ0) is 22.4. The van der Waals surface area contributed by atoms with Crippen LogP contribution in [0.25, 0.3) is 22.4 Å². The molecule has 1 saturated carbocycles. The number of aromatic nitrogens is 4. The summed E-state index contributed by atoms with van der Waals surface area (Å²) < 4.78 is 7.73. The third-order valence-corrected chi connectivity index (χ3v) is 6.44. The molecule has 2 bridgehead atoms. The predicted octanol–water partition coefficient (Wildman–Crippen LogP) is 2.14. The van der Waals surface area contributed by atoms with Crippen LogP contribution in [0, 0.1) is 0 Å². The minimum Gasteiger partial charge on any atom is -0.394 e. The third kappa shape index (κ3) is 4.11. The molecule has 2 aromatic heterocycles. The van der Waals surface area contributed by atoms with Crippen molar-refractivity contribution >= 4 is 28.6 Å². The van der Waals surface area contributed by atoms with E-state index >= 15 is 0 Å². The van der Waals surface area contributed by atoms with Gasteiger partial charge in [0, 0.05) is 30.4 Å². The minimum atomic E-state index is -0.181. The number of amides is 2. The molecule has 6 rings (SSSR count). The molecule has 0 radical (unpaired) electrons. The Balaban J connectivity index is 1.33. The van der Waals surface area contributed by atoms with E-state index in [1.807, 2.05) is 24.3 Å². The third-order valence-electron chi connectivity index (χ3n) is 6.44. The number of morpholine rings is 1. The van der Waals surface area contributed by atoms with Crippen LogP contribution in [-0.4, -0.2) is 68.8 Å². The number of hydrogen-bond donors (Lipinski definition) is 3. The zero-order valence-electron chi connectivity index (χ0n) is 18.3. The normalized spacial score (nSPS) is 22.0. The highest BCUT2D eigenvalue weighted by Gasteiger charge is 2.35. The van der Waals surface area contributed by atoms with Gasteiger partial charge in [-0.1, -0.05) is 0 Å². The van der Waals surface area contributed by atoms with Crippen molar-refractivity contribution in [1.29, 1.82) is 0 Å². The number of urea groups is 1. The summed E-state index contributed by atoms with van der Waals surface area (Å²) in [6.45, 7) is 1.95. The standard InChI is InChI=1S/C23H27N7O3/c31-10-9-30-22-19(11-24-30)21(29-12-17-7-8-18(13-29)33-17)27-20(28-22)14-1-3-15(4-2-14)25-23(32)26-16-5-6-16/h1-4,11,16-18,31H,5-10,12-13H2,(H2,25,26,32). The smallest absolute Gasteiger partial charge is 0.319 e. The molecule has 3 aliphatic rings. The molecule has 2 amide bonds. The second kappa shape index (κ2) is 8.27. The second-order valence-electron chi connectivity index (χ2n) is 9.01. The summed E-state index contributed by atoms with van der Waals surface area (Å²) in [4.78, 5) is 24.0. The Morgan fingerprint density at radius 2 is 1.85 bits per heavy atom. The van der Waals surface area contributed by atoms with Gasteiger partial charge in [0.05, 0.1) is 36.9 Å². The number of fused-ring (bicyclic) bond motifs is 3. The Hall–Kier alpha value is -3.24. The van der Waals surface area contributed by atoms with Crippen LogP contribution in [0.1, 0.15) is 25.7 Å². The van der Waals surface area contributed by atoms with Crippen LogP contribution in [0.3, 0.4) is 0 Å². The first-order chi connectivity index (χ1) is 16.2. The van der Waals surface area contributed by atoms with E-state index in [9.17, 15) is 9.90 Å². The van der Waals surface area contributed by atoms with Gasteiger partial charge in [-0.15, -0.1) is 0 Å². The predicted molar refractivity (Wildman–Crippen MR) is 123 cm³/mol. The number of aliphatic hydroxyl groups is 1. The van der Waals surface area contributed by atoms with Gasteiger partial charge in [-0.2, -0.15) is 5.10 Å². The van der Waals surface area contributed by atoms with Crippen molar-refractivity contribution in [2.75, 3.05) is 29.9 Å². The summed E-state index contributed by atoms with van der Waals surface area (Å²) in [6, 6.07) is 7.66. The summed E-state index contributed by atoms with van der Waals surface area (Å²) in [7, 11) is 0. The maximum atomic E-state index is 12.0. The van der Waals surface area contributed by atoms with Crippen LogP contribution in [0.2, 0.25) is 0 Å². The largest absolute Gasteiger partial charge is 0.394 e. The lowest BCUT2D eigenvalue weighted by Gasteiger charge is -2.33. The molecule has 3 aromatic rings. The fraction of sp³-hybridized carbons (Fsp3) is 0.478. The Morgan fingerprint density at radius 3 is 2.55 bits per heavy atom. The fourth-order valence-electron chi connectivity index (χ4n) is 4.64. The van der Waals surface area contributed by atoms with E-state index in [1.165, 1.54) is 0 Å². The van der Waals surface area contributed by atoms with Crippen molar-refractivity contribution in [3.8, 4) is 11.4 Å². The Labute approximate surface area is 191 Å². The van der Waals surface area contributed by atoms with Crippen LogP contribution < -0.4 is 15.5 Å². The van der Waals surface area contributed by atoms with Gasteiger partial charge in [-0.3, -0.25) is 0 Å². The van der Waals surface area contributed by atoms with Gasteiger partial charge in [0.25, 0.3) is 0 Å². The summed E-state index contributed by atoms with van der Waals surface area (Å²) in [5.74, 6) is 1.44. The quantitative estimate of drug-likeness (QED) is 0.528. The van der Waals surface area contributed by atoms with E-state index in [-0.39, 0.29) is 24.8 Å². The highest BCUT2D eigenvalue weighted by molar-refractivity contribution is 5.91. The van der Waals surface area contributed by atoms with Crippen LogP contribution in [0.5, 0.6) is 0 Å². The van der Waals surface area contributed by atoms with Gasteiger partial charge in [-0.05, 0) is 49.9 Å². The van der Waals surface area contributed by atoms with Gasteiger partial charge < -0.3 is 25.4 Å². The molecule has 2 unspecified atom stereocenters. The van der Waals surface area contributed by atoms with E-state index < -0.39 is 0 Å². The van der Waals surface area contributed by atoms with Crippen molar-refractivity contribution in [2.24, 2.45) is 0 Å². The first kappa shape index (κ1) is 20.4. The second-order valence-corrected chi connectivity index (χ2v) is 9.01. The van der Waals surface area contributed by atoms with Gasteiger partial charge >= 0.3 is 6.03 Å². The van der Waals surface area contributed by atoms with Gasteiger partial charge in [0.1, 0.15) is 5.82 Å². The van der Waals surface area contributed by atoms with Crippen molar-refractivity contribution in [1.82, 2.24) is 25.1 Å². The summed E-state index contributed by atoms with van der Waals surface area (Å²) >= 11 is 0. The Bertz CT molecular complexity index is 1160. The number of nitrogens with zero attached hydrogens (tertiary/aromatic N) is 5. The molecular weight excluding hydrogens is 422 g/mol. The number of ether oxygens (including phenoxy) is 1. The molecular formula is C23H27N7O3. The number of nitrogens with one attached hydrogen (secondary N) is 2. The number of carbonyl (C=O) groups excluding carboxylic acids is 1. The highest BCUT2D eigenvalue weighted by Crippen LogP contribution is 2.33.